The van der Waals surface area contributed by atoms with Gasteiger partial charge in [-0.05, 0) is 43.2 Å². The lowest BCUT2D eigenvalue weighted by atomic mass is 9.93. The summed E-state index contributed by atoms with van der Waals surface area (Å²) in [6.07, 6.45) is 0. The predicted molar refractivity (Wildman–Crippen MR) is 133 cm³/mol. The molecule has 2 aliphatic heterocycles. The van der Waals surface area contributed by atoms with Crippen molar-refractivity contribution in [3.63, 3.8) is 0 Å². The van der Waals surface area contributed by atoms with Gasteiger partial charge in [-0.1, -0.05) is 29.8 Å². The minimum atomic E-state index is -0.642. The molecule has 2 saturated heterocycles. The smallest absolute Gasteiger partial charge is 0.295 e. The summed E-state index contributed by atoms with van der Waals surface area (Å²) in [6, 6.07) is 12.9. The Morgan fingerprint density at radius 3 is 2.35 bits per heavy atom. The Morgan fingerprint density at radius 2 is 1.71 bits per heavy atom. The van der Waals surface area contributed by atoms with Crippen molar-refractivity contribution >= 4 is 23.1 Å². The van der Waals surface area contributed by atoms with E-state index in [1.807, 2.05) is 75.3 Å². The normalized spacial score (nSPS) is 20.7. The summed E-state index contributed by atoms with van der Waals surface area (Å²) in [5.41, 5.74) is 4.38. The summed E-state index contributed by atoms with van der Waals surface area (Å²) in [5.74, 6) is -1.32. The number of nitrogens with zero attached hydrogens (tertiary/aromatic N) is 3. The maximum absolute atomic E-state index is 13.3. The minimum absolute atomic E-state index is 0.116. The van der Waals surface area contributed by atoms with Crippen molar-refractivity contribution < 1.29 is 19.4 Å². The van der Waals surface area contributed by atoms with Crippen LogP contribution in [0.1, 0.15) is 28.3 Å². The number of carbonyl (C=O) groups is 2. The molecular weight excluding hydrogens is 430 g/mol. The molecule has 2 heterocycles. The van der Waals surface area contributed by atoms with Gasteiger partial charge in [0.1, 0.15) is 5.76 Å². The molecule has 1 atom stereocenters. The Balaban J connectivity index is 1.77. The zero-order valence-electron chi connectivity index (χ0n) is 20.4. The van der Waals surface area contributed by atoms with Gasteiger partial charge in [-0.25, -0.2) is 0 Å². The predicted octanol–water partition coefficient (Wildman–Crippen LogP) is 3.12. The molecule has 34 heavy (non-hydrogen) atoms. The van der Waals surface area contributed by atoms with Crippen molar-refractivity contribution in [3.05, 3.63) is 70.3 Å². The highest BCUT2D eigenvalue weighted by atomic mass is 16.5. The number of hydrogen-bond donors (Lipinski definition) is 1. The van der Waals surface area contributed by atoms with E-state index in [-0.39, 0.29) is 11.3 Å². The zero-order valence-corrected chi connectivity index (χ0v) is 20.4. The molecule has 0 bridgehead atoms. The van der Waals surface area contributed by atoms with Gasteiger partial charge >= 0.3 is 0 Å². The highest BCUT2D eigenvalue weighted by molar-refractivity contribution is 6.46. The molecule has 2 aliphatic rings. The molecule has 4 rings (SSSR count). The number of hydrogen-bond acceptors (Lipinski definition) is 6. The molecule has 1 N–H and O–H groups in total. The summed E-state index contributed by atoms with van der Waals surface area (Å²) in [5, 5.41) is 11.4. The number of aliphatic hydroxyl groups excluding tert-OH is 1. The van der Waals surface area contributed by atoms with Gasteiger partial charge in [0.2, 0.25) is 0 Å². The van der Waals surface area contributed by atoms with E-state index < -0.39 is 17.7 Å². The van der Waals surface area contributed by atoms with Gasteiger partial charge in [0.05, 0.1) is 24.8 Å². The fourth-order valence-corrected chi connectivity index (χ4v) is 4.62. The third kappa shape index (κ3) is 4.72. The second kappa shape index (κ2) is 9.99. The summed E-state index contributed by atoms with van der Waals surface area (Å²) in [4.78, 5) is 32.3. The number of rotatable bonds is 6. The van der Waals surface area contributed by atoms with Crippen molar-refractivity contribution in [3.8, 4) is 0 Å². The Labute approximate surface area is 201 Å². The lowest BCUT2D eigenvalue weighted by molar-refractivity contribution is -0.140. The van der Waals surface area contributed by atoms with E-state index in [9.17, 15) is 14.7 Å². The number of likely N-dealkylation sites (tertiary alicyclic amines) is 1. The number of ether oxygens (including phenoxy) is 1. The van der Waals surface area contributed by atoms with Crippen LogP contribution < -0.4 is 4.90 Å². The lowest BCUT2D eigenvalue weighted by Gasteiger charge is -2.31. The van der Waals surface area contributed by atoms with Gasteiger partial charge in [-0.3, -0.25) is 14.5 Å². The summed E-state index contributed by atoms with van der Waals surface area (Å²) in [6.45, 7) is 7.81. The Bertz CT molecular complexity index is 1100. The van der Waals surface area contributed by atoms with E-state index in [0.717, 1.165) is 35.5 Å². The van der Waals surface area contributed by atoms with Crippen LogP contribution in [0.4, 0.5) is 5.69 Å². The van der Waals surface area contributed by atoms with Crippen LogP contribution in [-0.2, 0) is 14.3 Å². The first-order valence-electron chi connectivity index (χ1n) is 11.7. The molecule has 0 saturated carbocycles. The minimum Gasteiger partial charge on any atom is -0.507 e. The van der Waals surface area contributed by atoms with Crippen LogP contribution in [0, 0.1) is 13.8 Å². The van der Waals surface area contributed by atoms with Gasteiger partial charge < -0.3 is 19.6 Å². The van der Waals surface area contributed by atoms with Crippen LogP contribution in [-0.4, -0.2) is 80.1 Å². The number of ketones is 1. The van der Waals surface area contributed by atoms with Crippen molar-refractivity contribution in [1.29, 1.82) is 0 Å². The Kier molecular flexibility index (Phi) is 7.05. The van der Waals surface area contributed by atoms with E-state index in [0.29, 0.717) is 31.9 Å². The number of carbonyl (C=O) groups excluding carboxylic acids is 2. The van der Waals surface area contributed by atoms with Crippen molar-refractivity contribution in [2.45, 2.75) is 19.9 Å². The van der Waals surface area contributed by atoms with Crippen LogP contribution in [0.15, 0.2) is 48.0 Å². The van der Waals surface area contributed by atoms with Crippen LogP contribution in [0.5, 0.6) is 0 Å². The van der Waals surface area contributed by atoms with Gasteiger partial charge in [-0.15, -0.1) is 0 Å². The molecule has 1 amide bonds. The summed E-state index contributed by atoms with van der Waals surface area (Å²) < 4.78 is 5.43. The van der Waals surface area contributed by atoms with Crippen LogP contribution in [0.25, 0.3) is 5.76 Å². The number of Topliss-reactive ketones (excluding diaryl/α,β-unsaturated/α-hetero) is 1. The lowest BCUT2D eigenvalue weighted by Crippen LogP contribution is -2.42. The maximum atomic E-state index is 13.3. The van der Waals surface area contributed by atoms with Crippen molar-refractivity contribution in [1.82, 2.24) is 9.80 Å². The number of morpholine rings is 1. The second-order valence-electron chi connectivity index (χ2n) is 9.25. The molecule has 0 spiro atoms. The van der Waals surface area contributed by atoms with Crippen molar-refractivity contribution in [2.24, 2.45) is 0 Å². The highest BCUT2D eigenvalue weighted by Crippen LogP contribution is 2.40. The molecule has 7 nitrogen and oxygen atoms in total. The SMILES string of the molecule is Cc1ccc(C)c(/C(O)=C2\C(=O)C(=O)N(CCN3CCOCC3)C2c2ccc(N(C)C)cc2)c1. The maximum Gasteiger partial charge on any atom is 0.295 e. The second-order valence-corrected chi connectivity index (χ2v) is 9.25. The van der Waals surface area contributed by atoms with E-state index in [4.69, 9.17) is 4.74 Å². The van der Waals surface area contributed by atoms with E-state index in [2.05, 4.69) is 4.90 Å². The van der Waals surface area contributed by atoms with Crippen LogP contribution in [0.3, 0.4) is 0 Å². The monoisotopic (exact) mass is 463 g/mol. The largest absolute Gasteiger partial charge is 0.507 e. The molecule has 0 aromatic heterocycles. The molecule has 0 radical (unpaired) electrons. The topological polar surface area (TPSA) is 73.3 Å². The van der Waals surface area contributed by atoms with Gasteiger partial charge in [0.25, 0.3) is 11.7 Å². The molecule has 180 valence electrons. The van der Waals surface area contributed by atoms with Crippen LogP contribution >= 0.6 is 0 Å². The third-order valence-corrected chi connectivity index (χ3v) is 6.67. The summed E-state index contributed by atoms with van der Waals surface area (Å²) >= 11 is 0. The molecular formula is C27H33N3O4. The molecule has 0 aliphatic carbocycles. The number of aliphatic hydroxyl groups is 1. The first-order chi connectivity index (χ1) is 16.3. The average Bonchev–Trinajstić information content (AvgIpc) is 3.09. The Morgan fingerprint density at radius 1 is 1.03 bits per heavy atom. The van der Waals surface area contributed by atoms with Gasteiger partial charge in [-0.2, -0.15) is 0 Å². The zero-order chi connectivity index (χ0) is 24.4. The van der Waals surface area contributed by atoms with Gasteiger partial charge in [0.15, 0.2) is 0 Å². The third-order valence-electron chi connectivity index (χ3n) is 6.67. The molecule has 2 aromatic carbocycles. The fourth-order valence-electron chi connectivity index (χ4n) is 4.62. The number of aryl methyl sites for hydroxylation is 2. The van der Waals surface area contributed by atoms with Crippen molar-refractivity contribution in [2.75, 3.05) is 58.4 Å². The Hall–Kier alpha value is -3.16. The first-order valence-corrected chi connectivity index (χ1v) is 11.7. The van der Waals surface area contributed by atoms with Gasteiger partial charge in [0, 0.05) is 51.5 Å². The fraction of sp³-hybridized carbons (Fsp3) is 0.407. The van der Waals surface area contributed by atoms with E-state index in [1.54, 1.807) is 4.90 Å². The quantitative estimate of drug-likeness (QED) is 0.403. The summed E-state index contributed by atoms with van der Waals surface area (Å²) in [7, 11) is 3.92. The molecule has 1 unspecified atom stereocenters. The highest BCUT2D eigenvalue weighted by Gasteiger charge is 2.46. The standard InChI is InChI=1S/C27H33N3O4/c1-18-5-6-19(2)22(17-18)25(31)23-24(20-7-9-21(10-8-20)28(3)4)30(27(33)26(23)32)12-11-29-13-15-34-16-14-29/h5-10,17,24,31H,11-16H2,1-4H3/b25-23+. The van der Waals surface area contributed by atoms with Crippen LogP contribution in [0.2, 0.25) is 0 Å². The first kappa shape index (κ1) is 24.0. The molecule has 7 heteroatoms. The number of amides is 1. The molecule has 2 fully saturated rings. The average molecular weight is 464 g/mol. The number of anilines is 1. The van der Waals surface area contributed by atoms with E-state index >= 15 is 0 Å². The van der Waals surface area contributed by atoms with E-state index in [1.165, 1.54) is 0 Å². The molecule has 2 aromatic rings. The number of benzene rings is 2.